The van der Waals surface area contributed by atoms with E-state index in [0.717, 1.165) is 15.9 Å². The number of hydrogen-bond acceptors (Lipinski definition) is 4. The predicted octanol–water partition coefficient (Wildman–Crippen LogP) is 4.85. The fourth-order valence-corrected chi connectivity index (χ4v) is 2.63. The Labute approximate surface area is 154 Å². The smallest absolute Gasteiger partial charge is 0.259 e. The molecule has 0 spiro atoms. The number of carbonyl (C=O) groups excluding carboxylic acids is 1. The van der Waals surface area contributed by atoms with E-state index in [0.29, 0.717) is 17.1 Å². The van der Waals surface area contributed by atoms with Crippen molar-refractivity contribution in [3.63, 3.8) is 0 Å². The minimum Gasteiger partial charge on any atom is -0.497 e. The molecule has 2 N–H and O–H groups in total. The Balaban J connectivity index is 1.82. The van der Waals surface area contributed by atoms with Gasteiger partial charge in [0, 0.05) is 16.4 Å². The predicted molar refractivity (Wildman–Crippen MR) is 103 cm³/mol. The first-order valence-electron chi connectivity index (χ1n) is 7.59. The summed E-state index contributed by atoms with van der Waals surface area (Å²) in [7, 11) is 1.60. The average Bonchev–Trinajstić information content (AvgIpc) is 2.64. The molecule has 5 nitrogen and oxygen atoms in total. The Bertz CT molecular complexity index is 882. The van der Waals surface area contributed by atoms with Crippen molar-refractivity contribution in [3.8, 4) is 5.75 Å². The third-order valence-corrected chi connectivity index (χ3v) is 4.22. The maximum Gasteiger partial charge on any atom is 0.259 e. The molecular weight excluding hydrogens is 382 g/mol. The molecule has 0 bridgehead atoms. The summed E-state index contributed by atoms with van der Waals surface area (Å²) in [4.78, 5) is 16.9. The van der Waals surface area contributed by atoms with Crippen molar-refractivity contribution in [1.29, 1.82) is 0 Å². The minimum atomic E-state index is -0.243. The lowest BCUT2D eigenvalue weighted by molar-refractivity contribution is 0.102. The van der Waals surface area contributed by atoms with E-state index in [1.54, 1.807) is 49.7 Å². The summed E-state index contributed by atoms with van der Waals surface area (Å²) in [5.74, 6) is 0.976. The lowest BCUT2D eigenvalue weighted by Gasteiger charge is -2.12. The summed E-state index contributed by atoms with van der Waals surface area (Å²) in [5.41, 5.74) is 1.97. The number of methoxy groups -OCH3 is 1. The van der Waals surface area contributed by atoms with Gasteiger partial charge in [-0.3, -0.25) is 4.79 Å². The number of amides is 1. The minimum absolute atomic E-state index is 0.243. The molecule has 0 aliphatic rings. The van der Waals surface area contributed by atoms with E-state index >= 15 is 0 Å². The summed E-state index contributed by atoms with van der Waals surface area (Å²) in [6, 6.07) is 18.3. The molecule has 1 amide bonds. The first kappa shape index (κ1) is 17.0. The molecule has 2 aromatic carbocycles. The summed E-state index contributed by atoms with van der Waals surface area (Å²) in [6.45, 7) is 0. The molecule has 1 heterocycles. The third-order valence-electron chi connectivity index (χ3n) is 3.53. The van der Waals surface area contributed by atoms with Crippen LogP contribution in [0.5, 0.6) is 5.75 Å². The quantitative estimate of drug-likeness (QED) is 0.645. The number of rotatable bonds is 5. The highest BCUT2D eigenvalue weighted by Gasteiger charge is 2.13. The number of nitrogens with zero attached hydrogens (tertiary/aromatic N) is 1. The lowest BCUT2D eigenvalue weighted by atomic mass is 10.2. The standard InChI is InChI=1S/C19H16BrN3O2/c1-25-14-10-8-13(9-11-14)22-19(24)15-5-4-12-21-18(15)23-17-7-3-2-6-16(17)20/h2-12H,1H3,(H,21,23)(H,22,24). The molecule has 0 radical (unpaired) electrons. The number of para-hydroxylation sites is 1. The molecule has 0 atom stereocenters. The molecule has 0 aliphatic carbocycles. The first-order valence-corrected chi connectivity index (χ1v) is 8.38. The molecular formula is C19H16BrN3O2. The molecule has 3 rings (SSSR count). The van der Waals surface area contributed by atoms with Gasteiger partial charge in [0.2, 0.25) is 0 Å². The summed E-state index contributed by atoms with van der Waals surface area (Å²) in [6.07, 6.45) is 1.64. The van der Waals surface area contributed by atoms with Crippen LogP contribution in [0.2, 0.25) is 0 Å². The second-order valence-electron chi connectivity index (χ2n) is 5.19. The van der Waals surface area contributed by atoms with Crippen molar-refractivity contribution in [2.75, 3.05) is 17.7 Å². The molecule has 0 saturated heterocycles. The second kappa shape index (κ2) is 7.81. The maximum absolute atomic E-state index is 12.6. The molecule has 0 aliphatic heterocycles. The normalized spacial score (nSPS) is 10.2. The van der Waals surface area contributed by atoms with Crippen LogP contribution < -0.4 is 15.4 Å². The largest absolute Gasteiger partial charge is 0.497 e. The van der Waals surface area contributed by atoms with Crippen molar-refractivity contribution in [2.45, 2.75) is 0 Å². The van der Waals surface area contributed by atoms with Crippen LogP contribution in [0, 0.1) is 0 Å². The van der Waals surface area contributed by atoms with Gasteiger partial charge in [-0.15, -0.1) is 0 Å². The van der Waals surface area contributed by atoms with Crippen LogP contribution in [0.4, 0.5) is 17.2 Å². The Morgan fingerprint density at radius 1 is 1.04 bits per heavy atom. The van der Waals surface area contributed by atoms with Crippen LogP contribution in [0.25, 0.3) is 0 Å². The van der Waals surface area contributed by atoms with Gasteiger partial charge in [0.15, 0.2) is 0 Å². The van der Waals surface area contributed by atoms with Gasteiger partial charge in [0.1, 0.15) is 11.6 Å². The number of halogens is 1. The Morgan fingerprint density at radius 3 is 2.52 bits per heavy atom. The van der Waals surface area contributed by atoms with Gasteiger partial charge < -0.3 is 15.4 Å². The number of anilines is 3. The lowest BCUT2D eigenvalue weighted by Crippen LogP contribution is -2.14. The summed E-state index contributed by atoms with van der Waals surface area (Å²) in [5, 5.41) is 6.05. The Kier molecular flexibility index (Phi) is 5.30. The van der Waals surface area contributed by atoms with Gasteiger partial charge >= 0.3 is 0 Å². The highest BCUT2D eigenvalue weighted by atomic mass is 79.9. The van der Waals surface area contributed by atoms with E-state index in [-0.39, 0.29) is 5.91 Å². The fourth-order valence-electron chi connectivity index (χ4n) is 2.25. The number of hydrogen-bond donors (Lipinski definition) is 2. The summed E-state index contributed by atoms with van der Waals surface area (Å²) >= 11 is 3.48. The van der Waals surface area contributed by atoms with Crippen molar-refractivity contribution in [3.05, 3.63) is 76.9 Å². The highest BCUT2D eigenvalue weighted by Crippen LogP contribution is 2.26. The zero-order valence-electron chi connectivity index (χ0n) is 13.5. The first-order chi connectivity index (χ1) is 12.2. The molecule has 0 unspecified atom stereocenters. The monoisotopic (exact) mass is 397 g/mol. The second-order valence-corrected chi connectivity index (χ2v) is 6.04. The average molecular weight is 398 g/mol. The van der Waals surface area contributed by atoms with Crippen LogP contribution >= 0.6 is 15.9 Å². The molecule has 1 aromatic heterocycles. The maximum atomic E-state index is 12.6. The van der Waals surface area contributed by atoms with Crippen LogP contribution in [0.1, 0.15) is 10.4 Å². The van der Waals surface area contributed by atoms with E-state index in [1.165, 1.54) is 0 Å². The van der Waals surface area contributed by atoms with Gasteiger partial charge in [-0.05, 0) is 64.5 Å². The molecule has 126 valence electrons. The van der Waals surface area contributed by atoms with Crippen molar-refractivity contribution < 1.29 is 9.53 Å². The van der Waals surface area contributed by atoms with Gasteiger partial charge in [-0.25, -0.2) is 4.98 Å². The van der Waals surface area contributed by atoms with E-state index in [9.17, 15) is 4.79 Å². The van der Waals surface area contributed by atoms with E-state index in [4.69, 9.17) is 4.74 Å². The highest BCUT2D eigenvalue weighted by molar-refractivity contribution is 9.10. The van der Waals surface area contributed by atoms with Gasteiger partial charge in [0.05, 0.1) is 18.4 Å². The van der Waals surface area contributed by atoms with Crippen LogP contribution in [-0.4, -0.2) is 18.0 Å². The number of ether oxygens (including phenoxy) is 1. The van der Waals surface area contributed by atoms with Gasteiger partial charge in [0.25, 0.3) is 5.91 Å². The number of aromatic nitrogens is 1. The van der Waals surface area contributed by atoms with Gasteiger partial charge in [-0.2, -0.15) is 0 Å². The number of benzene rings is 2. The number of nitrogens with one attached hydrogen (secondary N) is 2. The molecule has 0 fully saturated rings. The molecule has 0 saturated carbocycles. The van der Waals surface area contributed by atoms with E-state index in [1.807, 2.05) is 24.3 Å². The van der Waals surface area contributed by atoms with Crippen LogP contribution in [0.15, 0.2) is 71.3 Å². The molecule has 25 heavy (non-hydrogen) atoms. The van der Waals surface area contributed by atoms with Crippen molar-refractivity contribution in [2.24, 2.45) is 0 Å². The van der Waals surface area contributed by atoms with Crippen LogP contribution in [0.3, 0.4) is 0 Å². The molecule has 6 heteroatoms. The number of carbonyl (C=O) groups is 1. The van der Waals surface area contributed by atoms with Crippen LogP contribution in [-0.2, 0) is 0 Å². The third kappa shape index (κ3) is 4.16. The zero-order valence-corrected chi connectivity index (χ0v) is 15.1. The fraction of sp³-hybridized carbons (Fsp3) is 0.0526. The van der Waals surface area contributed by atoms with Crippen molar-refractivity contribution >= 4 is 39.0 Å². The zero-order chi connectivity index (χ0) is 17.6. The van der Waals surface area contributed by atoms with E-state index in [2.05, 4.69) is 31.5 Å². The van der Waals surface area contributed by atoms with Gasteiger partial charge in [-0.1, -0.05) is 12.1 Å². The molecule has 3 aromatic rings. The van der Waals surface area contributed by atoms with Crippen molar-refractivity contribution in [1.82, 2.24) is 4.98 Å². The topological polar surface area (TPSA) is 63.2 Å². The summed E-state index contributed by atoms with van der Waals surface area (Å²) < 4.78 is 6.01. The number of pyridine rings is 1. The Hall–Kier alpha value is -2.86. The SMILES string of the molecule is COc1ccc(NC(=O)c2cccnc2Nc2ccccc2Br)cc1. The Morgan fingerprint density at radius 2 is 1.80 bits per heavy atom. The van der Waals surface area contributed by atoms with E-state index < -0.39 is 0 Å².